The minimum Gasteiger partial charge on any atom is -0.477 e. The summed E-state index contributed by atoms with van der Waals surface area (Å²) in [5.41, 5.74) is 1.13. The molecule has 6 nitrogen and oxygen atoms in total. The van der Waals surface area contributed by atoms with Gasteiger partial charge in [0.15, 0.2) is 5.96 Å². The van der Waals surface area contributed by atoms with Crippen LogP contribution in [0.2, 0.25) is 0 Å². The third kappa shape index (κ3) is 6.57. The fourth-order valence-electron chi connectivity index (χ4n) is 3.10. The van der Waals surface area contributed by atoms with E-state index < -0.39 is 0 Å². The fourth-order valence-corrected chi connectivity index (χ4v) is 3.10. The van der Waals surface area contributed by atoms with E-state index in [2.05, 4.69) is 22.1 Å². The molecule has 2 fully saturated rings. The highest BCUT2D eigenvalue weighted by molar-refractivity contribution is 14.0. The topological polar surface area (TPSA) is 59.0 Å². The highest BCUT2D eigenvalue weighted by Crippen LogP contribution is 2.29. The second-order valence-corrected chi connectivity index (χ2v) is 6.98. The Morgan fingerprint density at radius 3 is 2.88 bits per heavy atom. The largest absolute Gasteiger partial charge is 0.477 e. The number of nitrogens with one attached hydrogen (secondary N) is 1. The van der Waals surface area contributed by atoms with E-state index in [-0.39, 0.29) is 24.0 Å². The predicted molar refractivity (Wildman–Crippen MR) is 114 cm³/mol. The van der Waals surface area contributed by atoms with Gasteiger partial charge >= 0.3 is 0 Å². The zero-order valence-electron chi connectivity index (χ0n) is 15.8. The van der Waals surface area contributed by atoms with Crippen LogP contribution in [0.15, 0.2) is 23.3 Å². The molecule has 1 saturated carbocycles. The number of methoxy groups -OCH3 is 1. The average molecular weight is 474 g/mol. The van der Waals surface area contributed by atoms with Gasteiger partial charge in [-0.2, -0.15) is 0 Å². The van der Waals surface area contributed by atoms with E-state index in [0.717, 1.165) is 56.7 Å². The zero-order chi connectivity index (χ0) is 17.5. The van der Waals surface area contributed by atoms with Crippen molar-refractivity contribution in [2.24, 2.45) is 16.8 Å². The molecule has 146 valence electrons. The number of rotatable bonds is 8. The molecule has 0 spiro atoms. The third-order valence-corrected chi connectivity index (χ3v) is 4.70. The first kappa shape index (κ1) is 21.2. The van der Waals surface area contributed by atoms with Crippen molar-refractivity contribution in [3.8, 4) is 5.88 Å². The van der Waals surface area contributed by atoms with Crippen molar-refractivity contribution in [3.63, 3.8) is 0 Å². The van der Waals surface area contributed by atoms with Gasteiger partial charge in [-0.25, -0.2) is 9.98 Å². The number of halogens is 1. The molecular formula is C19H31IN4O2. The normalized spacial score (nSPS) is 20.0. The molecule has 7 heteroatoms. The summed E-state index contributed by atoms with van der Waals surface area (Å²) in [7, 11) is 1.77. The second kappa shape index (κ2) is 10.9. The van der Waals surface area contributed by atoms with Crippen LogP contribution >= 0.6 is 24.0 Å². The summed E-state index contributed by atoms with van der Waals surface area (Å²) >= 11 is 0. The quantitative estimate of drug-likeness (QED) is 0.357. The minimum absolute atomic E-state index is 0. The monoisotopic (exact) mass is 474 g/mol. The van der Waals surface area contributed by atoms with E-state index in [1.54, 1.807) is 7.11 Å². The maximum Gasteiger partial charge on any atom is 0.213 e. The molecule has 1 unspecified atom stereocenters. The fraction of sp³-hybridized carbons (Fsp3) is 0.684. The Hall–Kier alpha value is -1.09. The summed E-state index contributed by atoms with van der Waals surface area (Å²) in [6.45, 7) is 7.26. The Morgan fingerprint density at radius 2 is 2.15 bits per heavy atom. The number of pyridine rings is 1. The van der Waals surface area contributed by atoms with Crippen LogP contribution in [0, 0.1) is 11.8 Å². The van der Waals surface area contributed by atoms with Crippen molar-refractivity contribution in [1.29, 1.82) is 0 Å². The van der Waals surface area contributed by atoms with E-state index in [9.17, 15) is 0 Å². The van der Waals surface area contributed by atoms with E-state index in [1.807, 2.05) is 18.3 Å². The number of likely N-dealkylation sites (tertiary alicyclic amines) is 1. The number of nitrogens with zero attached hydrogens (tertiary/aromatic N) is 3. The molecule has 1 aromatic rings. The van der Waals surface area contributed by atoms with Crippen LogP contribution in [-0.2, 0) is 11.3 Å². The number of ether oxygens (including phenoxy) is 2. The van der Waals surface area contributed by atoms with Gasteiger partial charge in [-0.05, 0) is 43.7 Å². The van der Waals surface area contributed by atoms with Gasteiger partial charge in [0.05, 0.1) is 19.8 Å². The van der Waals surface area contributed by atoms with Gasteiger partial charge in [-0.3, -0.25) is 0 Å². The molecule has 0 aromatic carbocycles. The molecule has 1 N–H and O–H groups in total. The number of aliphatic imine (C=N–C) groups is 1. The van der Waals surface area contributed by atoms with E-state index in [1.165, 1.54) is 12.8 Å². The zero-order valence-corrected chi connectivity index (χ0v) is 18.1. The maximum absolute atomic E-state index is 5.77. The highest BCUT2D eigenvalue weighted by Gasteiger charge is 2.24. The average Bonchev–Trinajstić information content (AvgIpc) is 3.35. The summed E-state index contributed by atoms with van der Waals surface area (Å²) in [5.74, 6) is 3.03. The van der Waals surface area contributed by atoms with Crippen LogP contribution in [-0.4, -0.2) is 55.8 Å². The SMILES string of the molecule is CCNC(=NCc1ccnc(OCC2CC2)c1)N1CCC(COC)C1.I. The second-order valence-electron chi connectivity index (χ2n) is 6.98. The summed E-state index contributed by atoms with van der Waals surface area (Å²) in [4.78, 5) is 11.4. The maximum atomic E-state index is 5.77. The highest BCUT2D eigenvalue weighted by atomic mass is 127. The summed E-state index contributed by atoms with van der Waals surface area (Å²) in [6.07, 6.45) is 5.54. The van der Waals surface area contributed by atoms with E-state index >= 15 is 0 Å². The summed E-state index contributed by atoms with van der Waals surface area (Å²) < 4.78 is 11.1. The lowest BCUT2D eigenvalue weighted by Gasteiger charge is -2.21. The Kier molecular flexibility index (Phi) is 8.90. The first-order chi connectivity index (χ1) is 12.3. The molecule has 1 atom stereocenters. The number of hydrogen-bond acceptors (Lipinski definition) is 4. The molecule has 0 bridgehead atoms. The van der Waals surface area contributed by atoms with Crippen molar-refractivity contribution in [3.05, 3.63) is 23.9 Å². The van der Waals surface area contributed by atoms with E-state index in [4.69, 9.17) is 14.5 Å². The molecule has 0 radical (unpaired) electrons. The lowest BCUT2D eigenvalue weighted by Crippen LogP contribution is -2.40. The first-order valence-corrected chi connectivity index (χ1v) is 9.38. The van der Waals surface area contributed by atoms with Gasteiger partial charge in [-0.1, -0.05) is 0 Å². The molecule has 1 aliphatic carbocycles. The number of hydrogen-bond donors (Lipinski definition) is 1. The Labute approximate surface area is 173 Å². The van der Waals surface area contributed by atoms with Crippen molar-refractivity contribution >= 4 is 29.9 Å². The van der Waals surface area contributed by atoms with Crippen molar-refractivity contribution in [2.75, 3.05) is 40.0 Å². The van der Waals surface area contributed by atoms with Crippen LogP contribution in [0.5, 0.6) is 5.88 Å². The standard InChI is InChI=1S/C19H30N4O2.HI/c1-3-20-19(23-9-7-17(12-23)13-24-2)22-11-16-6-8-21-18(10-16)25-14-15-4-5-15;/h6,8,10,15,17H,3-5,7,9,11-14H2,1-2H3,(H,20,22);1H. The predicted octanol–water partition coefficient (Wildman–Crippen LogP) is 2.92. The van der Waals surface area contributed by atoms with Gasteiger partial charge in [0, 0.05) is 44.9 Å². The van der Waals surface area contributed by atoms with Crippen molar-refractivity contribution in [1.82, 2.24) is 15.2 Å². The molecule has 1 aliphatic heterocycles. The third-order valence-electron chi connectivity index (χ3n) is 4.70. The Bertz CT molecular complexity index is 580. The van der Waals surface area contributed by atoms with Crippen molar-refractivity contribution < 1.29 is 9.47 Å². The van der Waals surface area contributed by atoms with Crippen LogP contribution in [0.4, 0.5) is 0 Å². The Balaban J connectivity index is 0.00000243. The van der Waals surface area contributed by atoms with Gasteiger partial charge < -0.3 is 19.7 Å². The van der Waals surface area contributed by atoms with Crippen LogP contribution in [0.3, 0.4) is 0 Å². The van der Waals surface area contributed by atoms with E-state index in [0.29, 0.717) is 18.3 Å². The molecule has 2 heterocycles. The van der Waals surface area contributed by atoms with Crippen LogP contribution in [0.25, 0.3) is 0 Å². The van der Waals surface area contributed by atoms with Gasteiger partial charge in [-0.15, -0.1) is 24.0 Å². The summed E-state index contributed by atoms with van der Waals surface area (Å²) in [5, 5.41) is 3.41. The van der Waals surface area contributed by atoms with Gasteiger partial charge in [0.1, 0.15) is 0 Å². The summed E-state index contributed by atoms with van der Waals surface area (Å²) in [6, 6.07) is 4.02. The van der Waals surface area contributed by atoms with Crippen molar-refractivity contribution in [2.45, 2.75) is 32.7 Å². The first-order valence-electron chi connectivity index (χ1n) is 9.38. The lowest BCUT2D eigenvalue weighted by molar-refractivity contribution is 0.157. The minimum atomic E-state index is 0. The molecule has 1 aromatic heterocycles. The molecular weight excluding hydrogens is 443 g/mol. The number of aromatic nitrogens is 1. The van der Waals surface area contributed by atoms with Gasteiger partial charge in [0.2, 0.25) is 5.88 Å². The number of guanidine groups is 1. The van der Waals surface area contributed by atoms with Crippen LogP contribution in [0.1, 0.15) is 31.7 Å². The molecule has 26 heavy (non-hydrogen) atoms. The molecule has 1 saturated heterocycles. The molecule has 2 aliphatic rings. The molecule has 3 rings (SSSR count). The molecule has 0 amide bonds. The van der Waals surface area contributed by atoms with Crippen LogP contribution < -0.4 is 10.1 Å². The van der Waals surface area contributed by atoms with Gasteiger partial charge in [0.25, 0.3) is 0 Å². The lowest BCUT2D eigenvalue weighted by atomic mass is 10.1. The smallest absolute Gasteiger partial charge is 0.213 e. The Morgan fingerprint density at radius 1 is 1.31 bits per heavy atom.